The van der Waals surface area contributed by atoms with Gasteiger partial charge in [0.1, 0.15) is 0 Å². The lowest BCUT2D eigenvalue weighted by Gasteiger charge is -2.00. The molecule has 2 heterocycles. The summed E-state index contributed by atoms with van der Waals surface area (Å²) in [6.45, 7) is 0. The Morgan fingerprint density at radius 2 is 2.47 bits per heavy atom. The maximum Gasteiger partial charge on any atom is 0.170 e. The molecular weight excluding hydrogens is 276 g/mol. The predicted octanol–water partition coefficient (Wildman–Crippen LogP) is 2.67. The molecule has 0 atom stereocenters. The SMILES string of the molecule is Cn1cncc1CC(=O)c1ccsc1Br. The number of hydrogen-bond donors (Lipinski definition) is 0. The Hall–Kier alpha value is -0.940. The second-order valence-corrected chi connectivity index (χ2v) is 5.44. The zero-order valence-corrected chi connectivity index (χ0v) is 10.5. The van der Waals surface area contributed by atoms with Crippen molar-refractivity contribution in [3.05, 3.63) is 39.0 Å². The topological polar surface area (TPSA) is 34.9 Å². The summed E-state index contributed by atoms with van der Waals surface area (Å²) in [5, 5.41) is 1.90. The minimum Gasteiger partial charge on any atom is -0.337 e. The van der Waals surface area contributed by atoms with Gasteiger partial charge < -0.3 is 4.57 Å². The van der Waals surface area contributed by atoms with Gasteiger partial charge in [0.05, 0.1) is 16.5 Å². The number of imidazole rings is 1. The number of nitrogens with zero attached hydrogens (tertiary/aromatic N) is 2. The van der Waals surface area contributed by atoms with Gasteiger partial charge in [-0.15, -0.1) is 11.3 Å². The number of ketones is 1. The average Bonchev–Trinajstić information content (AvgIpc) is 2.76. The van der Waals surface area contributed by atoms with Gasteiger partial charge in [0.15, 0.2) is 5.78 Å². The van der Waals surface area contributed by atoms with Crippen molar-refractivity contribution < 1.29 is 4.79 Å². The quantitative estimate of drug-likeness (QED) is 0.813. The van der Waals surface area contributed by atoms with Crippen LogP contribution in [0.25, 0.3) is 0 Å². The molecule has 5 heteroatoms. The van der Waals surface area contributed by atoms with E-state index in [9.17, 15) is 4.79 Å². The van der Waals surface area contributed by atoms with Crippen LogP contribution in [0.3, 0.4) is 0 Å². The van der Waals surface area contributed by atoms with Crippen LogP contribution >= 0.6 is 27.3 Å². The number of aromatic nitrogens is 2. The summed E-state index contributed by atoms with van der Waals surface area (Å²) in [7, 11) is 1.89. The molecule has 2 aromatic rings. The third-order valence-corrected chi connectivity index (χ3v) is 3.86. The van der Waals surface area contributed by atoms with Crippen molar-refractivity contribution in [1.82, 2.24) is 9.55 Å². The molecule has 0 saturated heterocycles. The molecule has 0 spiro atoms. The first-order chi connectivity index (χ1) is 7.18. The fraction of sp³-hybridized carbons (Fsp3) is 0.200. The highest BCUT2D eigenvalue weighted by Crippen LogP contribution is 2.24. The van der Waals surface area contributed by atoms with Crippen molar-refractivity contribution in [2.75, 3.05) is 0 Å². The monoisotopic (exact) mass is 284 g/mol. The van der Waals surface area contributed by atoms with E-state index in [2.05, 4.69) is 20.9 Å². The van der Waals surface area contributed by atoms with E-state index in [1.54, 1.807) is 12.5 Å². The van der Waals surface area contributed by atoms with E-state index in [4.69, 9.17) is 0 Å². The Morgan fingerprint density at radius 3 is 3.00 bits per heavy atom. The largest absolute Gasteiger partial charge is 0.337 e. The number of hydrogen-bond acceptors (Lipinski definition) is 3. The highest BCUT2D eigenvalue weighted by Gasteiger charge is 2.13. The third-order valence-electron chi connectivity index (χ3n) is 2.18. The van der Waals surface area contributed by atoms with Gasteiger partial charge in [0.2, 0.25) is 0 Å². The number of rotatable bonds is 3. The lowest BCUT2D eigenvalue weighted by Crippen LogP contribution is -2.06. The average molecular weight is 285 g/mol. The van der Waals surface area contributed by atoms with Gasteiger partial charge in [-0.3, -0.25) is 4.79 Å². The van der Waals surface area contributed by atoms with Gasteiger partial charge >= 0.3 is 0 Å². The fourth-order valence-corrected chi connectivity index (χ4v) is 2.62. The molecule has 0 unspecified atom stereocenters. The summed E-state index contributed by atoms with van der Waals surface area (Å²) in [5.41, 5.74) is 1.68. The van der Waals surface area contributed by atoms with Gasteiger partial charge in [-0.05, 0) is 27.4 Å². The van der Waals surface area contributed by atoms with Crippen molar-refractivity contribution in [1.29, 1.82) is 0 Å². The molecule has 0 radical (unpaired) electrons. The van der Waals surface area contributed by atoms with Gasteiger partial charge in [-0.25, -0.2) is 4.98 Å². The standard InChI is InChI=1S/C10H9BrN2OS/c1-13-6-12-5-7(13)4-9(14)8-2-3-15-10(8)11/h2-3,5-6H,4H2,1H3. The Kier molecular flexibility index (Phi) is 3.02. The molecule has 0 saturated carbocycles. The van der Waals surface area contributed by atoms with Crippen LogP contribution in [0.2, 0.25) is 0 Å². The first kappa shape index (κ1) is 10.6. The summed E-state index contributed by atoms with van der Waals surface area (Å²) in [6, 6.07) is 1.84. The highest BCUT2D eigenvalue weighted by atomic mass is 79.9. The first-order valence-electron chi connectivity index (χ1n) is 4.40. The van der Waals surface area contributed by atoms with Gasteiger partial charge in [-0.1, -0.05) is 0 Å². The summed E-state index contributed by atoms with van der Waals surface area (Å²) < 4.78 is 2.76. The van der Waals surface area contributed by atoms with Crippen molar-refractivity contribution in [2.24, 2.45) is 7.05 Å². The lowest BCUT2D eigenvalue weighted by molar-refractivity contribution is 0.0991. The highest BCUT2D eigenvalue weighted by molar-refractivity contribution is 9.11. The van der Waals surface area contributed by atoms with Crippen LogP contribution in [0.15, 0.2) is 27.8 Å². The molecule has 0 fully saturated rings. The van der Waals surface area contributed by atoms with Crippen molar-refractivity contribution in [3.8, 4) is 0 Å². The van der Waals surface area contributed by atoms with Gasteiger partial charge in [-0.2, -0.15) is 0 Å². The van der Waals surface area contributed by atoms with E-state index in [-0.39, 0.29) is 5.78 Å². The Balaban J connectivity index is 2.18. The van der Waals surface area contributed by atoms with Crippen LogP contribution in [0.5, 0.6) is 0 Å². The summed E-state index contributed by atoms with van der Waals surface area (Å²) >= 11 is 4.89. The molecular formula is C10H9BrN2OS. The maximum atomic E-state index is 11.9. The van der Waals surface area contributed by atoms with Crippen LogP contribution in [0, 0.1) is 0 Å². The smallest absolute Gasteiger partial charge is 0.170 e. The molecule has 0 aliphatic carbocycles. The second-order valence-electron chi connectivity index (χ2n) is 3.20. The lowest BCUT2D eigenvalue weighted by atomic mass is 10.1. The molecule has 2 aromatic heterocycles. The minimum atomic E-state index is 0.117. The Bertz CT molecular complexity index is 489. The van der Waals surface area contributed by atoms with E-state index in [1.807, 2.05) is 23.1 Å². The minimum absolute atomic E-state index is 0.117. The molecule has 0 amide bonds. The van der Waals surface area contributed by atoms with E-state index in [0.29, 0.717) is 6.42 Å². The molecule has 0 N–H and O–H groups in total. The van der Waals surface area contributed by atoms with Crippen molar-refractivity contribution >= 4 is 33.0 Å². The number of carbonyl (C=O) groups is 1. The predicted molar refractivity (Wildman–Crippen MR) is 63.3 cm³/mol. The van der Waals surface area contributed by atoms with E-state index in [0.717, 1.165) is 15.0 Å². The third kappa shape index (κ3) is 2.18. The van der Waals surface area contributed by atoms with Crippen LogP contribution in [-0.4, -0.2) is 15.3 Å². The van der Waals surface area contributed by atoms with Crippen molar-refractivity contribution in [3.63, 3.8) is 0 Å². The second kappa shape index (κ2) is 4.28. The molecule has 0 aromatic carbocycles. The van der Waals surface area contributed by atoms with E-state index in [1.165, 1.54) is 11.3 Å². The molecule has 0 aliphatic heterocycles. The number of halogens is 1. The summed E-state index contributed by atoms with van der Waals surface area (Å²) in [5.74, 6) is 0.117. The number of aryl methyl sites for hydroxylation is 1. The molecule has 2 rings (SSSR count). The van der Waals surface area contributed by atoms with Crippen LogP contribution in [0.1, 0.15) is 16.1 Å². The molecule has 15 heavy (non-hydrogen) atoms. The number of thiophene rings is 1. The Morgan fingerprint density at radius 1 is 1.67 bits per heavy atom. The van der Waals surface area contributed by atoms with Gasteiger partial charge in [0.25, 0.3) is 0 Å². The molecule has 3 nitrogen and oxygen atoms in total. The normalized spacial score (nSPS) is 10.5. The summed E-state index contributed by atoms with van der Waals surface area (Å²) in [6.07, 6.45) is 3.81. The molecule has 78 valence electrons. The van der Waals surface area contributed by atoms with Crippen molar-refractivity contribution in [2.45, 2.75) is 6.42 Å². The number of carbonyl (C=O) groups excluding carboxylic acids is 1. The van der Waals surface area contributed by atoms with Crippen LogP contribution < -0.4 is 0 Å². The van der Waals surface area contributed by atoms with E-state index < -0.39 is 0 Å². The molecule has 0 bridgehead atoms. The van der Waals surface area contributed by atoms with E-state index >= 15 is 0 Å². The maximum absolute atomic E-state index is 11.9. The zero-order chi connectivity index (χ0) is 10.8. The van der Waals surface area contributed by atoms with Crippen LogP contribution in [0.4, 0.5) is 0 Å². The summed E-state index contributed by atoms with van der Waals surface area (Å²) in [4.78, 5) is 15.9. The van der Waals surface area contributed by atoms with Crippen LogP contribution in [-0.2, 0) is 13.5 Å². The zero-order valence-electron chi connectivity index (χ0n) is 8.11. The fourth-order valence-electron chi connectivity index (χ4n) is 1.31. The Labute approximate surface area is 99.9 Å². The molecule has 0 aliphatic rings. The number of Topliss-reactive ketones (excluding diaryl/α,β-unsaturated/α-hetero) is 1. The first-order valence-corrected chi connectivity index (χ1v) is 6.07. The van der Waals surface area contributed by atoms with Gasteiger partial charge in [0, 0.05) is 24.5 Å².